The second-order valence-corrected chi connectivity index (χ2v) is 17.1. The van der Waals surface area contributed by atoms with Crippen molar-refractivity contribution in [1.82, 2.24) is 24.7 Å². The van der Waals surface area contributed by atoms with E-state index in [4.69, 9.17) is 19.9 Å². The van der Waals surface area contributed by atoms with E-state index in [9.17, 15) is 9.59 Å². The van der Waals surface area contributed by atoms with Crippen LogP contribution in [-0.2, 0) is 47.8 Å². The maximum Gasteiger partial charge on any atom is 0.326 e. The first-order valence-corrected chi connectivity index (χ1v) is 21.6. The summed E-state index contributed by atoms with van der Waals surface area (Å²) in [6.45, 7) is 10.3. The largest absolute Gasteiger partial charge is 0.464 e. The number of anilines is 1. The average molecular weight is 777 g/mol. The van der Waals surface area contributed by atoms with Gasteiger partial charge in [0.05, 0.1) is 37.9 Å². The molecule has 55 heavy (non-hydrogen) atoms. The Labute approximate surface area is 326 Å². The minimum Gasteiger partial charge on any atom is -0.464 e. The van der Waals surface area contributed by atoms with Crippen molar-refractivity contribution in [1.29, 1.82) is 0 Å². The first-order chi connectivity index (χ1) is 26.4. The standard InChI is InChI=1S/C42H61N6O6P/c1-6-8-10-18-26-52-39(49)41(4,28-34-20-14-12-15-21-34)46-55(51,32-54-33(3)30-48-31-45-37-36(43)24-25-44-38(37)48)47-42(5,29-35-22-16-13-17-23-35)40(50)53-27-19-11-9-7-2/h12-17,20-25,31,33H,6-11,18-19,26-30,32H2,1-5H3,(H2,43,44)(H2,46,47,51)/t33-,41+,42+/m1/s1. The molecule has 2 aromatic heterocycles. The monoisotopic (exact) mass is 776 g/mol. The predicted molar refractivity (Wildman–Crippen MR) is 219 cm³/mol. The van der Waals surface area contributed by atoms with E-state index >= 15 is 4.57 Å². The van der Waals surface area contributed by atoms with E-state index in [1.165, 1.54) is 0 Å². The highest BCUT2D eigenvalue weighted by Crippen LogP contribution is 2.44. The summed E-state index contributed by atoms with van der Waals surface area (Å²) in [6.07, 6.45) is 10.3. The Kier molecular flexibility index (Phi) is 16.9. The normalized spacial score (nSPS) is 14.6. The summed E-state index contributed by atoms with van der Waals surface area (Å²) in [4.78, 5) is 37.1. The molecule has 0 spiro atoms. The van der Waals surface area contributed by atoms with E-state index in [0.717, 1.165) is 62.5 Å². The second kappa shape index (κ2) is 21.3. The maximum absolute atomic E-state index is 15.6. The van der Waals surface area contributed by atoms with Gasteiger partial charge in [0.15, 0.2) is 5.65 Å². The Morgan fingerprint density at radius 1 is 0.782 bits per heavy atom. The van der Waals surface area contributed by atoms with E-state index in [0.29, 0.717) is 23.4 Å². The van der Waals surface area contributed by atoms with E-state index in [1.807, 2.05) is 72.2 Å². The van der Waals surface area contributed by atoms with Gasteiger partial charge >= 0.3 is 11.9 Å². The summed E-state index contributed by atoms with van der Waals surface area (Å²) in [5.41, 5.74) is 6.57. The van der Waals surface area contributed by atoms with Crippen molar-refractivity contribution < 1.29 is 28.4 Å². The van der Waals surface area contributed by atoms with Crippen LogP contribution in [-0.4, -0.2) is 63.2 Å². The summed E-state index contributed by atoms with van der Waals surface area (Å²) in [5.74, 6) is -1.08. The molecule has 0 saturated heterocycles. The van der Waals surface area contributed by atoms with Gasteiger partial charge in [0.2, 0.25) is 7.44 Å². The third kappa shape index (κ3) is 13.3. The Morgan fingerprint density at radius 3 is 1.78 bits per heavy atom. The number of nitrogens with one attached hydrogen (secondary N) is 2. The van der Waals surface area contributed by atoms with E-state index < -0.39 is 36.6 Å². The number of nitrogens with zero attached hydrogens (tertiary/aromatic N) is 3. The molecular weight excluding hydrogens is 715 g/mol. The van der Waals surface area contributed by atoms with Crippen LogP contribution < -0.4 is 15.9 Å². The van der Waals surface area contributed by atoms with Crippen molar-refractivity contribution >= 4 is 36.2 Å². The Bertz CT molecular complexity index is 1740. The van der Waals surface area contributed by atoms with Crippen LogP contribution >= 0.6 is 7.44 Å². The number of esters is 2. The highest BCUT2D eigenvalue weighted by Gasteiger charge is 2.47. The fraction of sp³-hybridized carbons (Fsp3) is 0.524. The number of carbonyl (C=O) groups is 2. The summed E-state index contributed by atoms with van der Waals surface area (Å²) < 4.78 is 35.5. The second-order valence-electron chi connectivity index (χ2n) is 14.9. The van der Waals surface area contributed by atoms with Crippen LogP contribution in [0.5, 0.6) is 0 Å². The first kappa shape index (κ1) is 43.6. The molecule has 0 aliphatic rings. The molecule has 4 aromatic rings. The van der Waals surface area contributed by atoms with Crippen molar-refractivity contribution in [2.75, 3.05) is 25.3 Å². The molecule has 0 bridgehead atoms. The molecule has 300 valence electrons. The number of hydrogen-bond acceptors (Lipinski definition) is 9. The molecule has 2 aromatic carbocycles. The number of imidazole rings is 1. The zero-order chi connectivity index (χ0) is 39.7. The zero-order valence-electron chi connectivity index (χ0n) is 33.3. The van der Waals surface area contributed by atoms with Crippen molar-refractivity contribution in [3.05, 3.63) is 90.4 Å². The van der Waals surface area contributed by atoms with Gasteiger partial charge in [0.25, 0.3) is 0 Å². The highest BCUT2D eigenvalue weighted by molar-refractivity contribution is 7.59. The van der Waals surface area contributed by atoms with Gasteiger partial charge in [-0.2, -0.15) is 0 Å². The number of carbonyl (C=O) groups excluding carboxylic acids is 2. The van der Waals surface area contributed by atoms with Gasteiger partial charge in [-0.05, 0) is 50.8 Å². The Balaban J connectivity index is 1.68. The minimum absolute atomic E-state index is 0.175. The van der Waals surface area contributed by atoms with Gasteiger partial charge in [-0.15, -0.1) is 0 Å². The van der Waals surface area contributed by atoms with Gasteiger partial charge < -0.3 is 24.5 Å². The number of nitrogen functional groups attached to an aromatic ring is 1. The number of aromatic nitrogens is 3. The Morgan fingerprint density at radius 2 is 1.29 bits per heavy atom. The zero-order valence-corrected chi connectivity index (χ0v) is 34.2. The fourth-order valence-electron chi connectivity index (χ4n) is 6.60. The van der Waals surface area contributed by atoms with Crippen LogP contribution in [0.2, 0.25) is 0 Å². The summed E-state index contributed by atoms with van der Waals surface area (Å²) >= 11 is 0. The van der Waals surface area contributed by atoms with Crippen LogP contribution in [0.25, 0.3) is 11.2 Å². The number of pyridine rings is 1. The van der Waals surface area contributed by atoms with Gasteiger partial charge in [-0.3, -0.25) is 14.2 Å². The van der Waals surface area contributed by atoms with Crippen molar-refractivity contribution in [2.24, 2.45) is 0 Å². The average Bonchev–Trinajstić information content (AvgIpc) is 3.57. The van der Waals surface area contributed by atoms with E-state index in [1.54, 1.807) is 32.4 Å². The van der Waals surface area contributed by atoms with Crippen LogP contribution in [0.4, 0.5) is 5.69 Å². The van der Waals surface area contributed by atoms with Crippen LogP contribution in [0.15, 0.2) is 79.3 Å². The number of rotatable bonds is 25. The van der Waals surface area contributed by atoms with Crippen molar-refractivity contribution in [3.63, 3.8) is 0 Å². The number of hydrogen-bond donors (Lipinski definition) is 3. The van der Waals surface area contributed by atoms with Crippen LogP contribution in [0.1, 0.15) is 97.1 Å². The van der Waals surface area contributed by atoms with Crippen molar-refractivity contribution in [3.8, 4) is 0 Å². The molecule has 0 aliphatic heterocycles. The topological polar surface area (TPSA) is 160 Å². The van der Waals surface area contributed by atoms with Gasteiger partial charge in [-0.1, -0.05) is 113 Å². The number of nitrogens with two attached hydrogens (primary N) is 1. The summed E-state index contributed by atoms with van der Waals surface area (Å²) in [6, 6.07) is 20.7. The third-order valence-electron chi connectivity index (χ3n) is 9.55. The molecule has 0 radical (unpaired) electrons. The van der Waals surface area contributed by atoms with Gasteiger partial charge in [0.1, 0.15) is 22.9 Å². The molecule has 4 rings (SSSR count). The smallest absolute Gasteiger partial charge is 0.326 e. The number of benzene rings is 2. The highest BCUT2D eigenvalue weighted by atomic mass is 31.2. The Hall–Kier alpha value is -4.09. The lowest BCUT2D eigenvalue weighted by atomic mass is 9.94. The molecule has 0 unspecified atom stereocenters. The minimum atomic E-state index is -4.03. The predicted octanol–water partition coefficient (Wildman–Crippen LogP) is 8.00. The number of ether oxygens (including phenoxy) is 3. The molecular formula is C42H61N6O6P. The van der Waals surface area contributed by atoms with Gasteiger partial charge in [0, 0.05) is 19.0 Å². The lowest BCUT2D eigenvalue weighted by Crippen LogP contribution is -2.57. The maximum atomic E-state index is 15.6. The lowest BCUT2D eigenvalue weighted by Gasteiger charge is -2.38. The van der Waals surface area contributed by atoms with Crippen LogP contribution in [0, 0.1) is 0 Å². The van der Waals surface area contributed by atoms with Crippen LogP contribution in [0.3, 0.4) is 0 Å². The third-order valence-corrected chi connectivity index (χ3v) is 11.8. The SMILES string of the molecule is CCCCCCOC(=O)[C@](C)(Cc1ccccc1)NP(=O)(CO[C@H](C)Cn1cnc2c(N)ccnc21)N[C@@](C)(Cc1ccccc1)C(=O)OCCCCCC. The number of fused-ring (bicyclic) bond motifs is 1. The van der Waals surface area contributed by atoms with E-state index in [-0.39, 0.29) is 32.4 Å². The molecule has 4 N–H and O–H groups in total. The number of unbranched alkanes of at least 4 members (excludes halogenated alkanes) is 6. The first-order valence-electron chi connectivity index (χ1n) is 19.7. The summed E-state index contributed by atoms with van der Waals surface area (Å²) in [5, 5.41) is 6.46. The molecule has 0 fully saturated rings. The molecule has 0 saturated carbocycles. The molecule has 13 heteroatoms. The summed E-state index contributed by atoms with van der Waals surface area (Å²) in [7, 11) is -4.03. The van der Waals surface area contributed by atoms with Crippen molar-refractivity contribution in [2.45, 2.75) is 123 Å². The fourth-order valence-corrected chi connectivity index (χ4v) is 9.18. The molecule has 2 heterocycles. The molecule has 0 amide bonds. The van der Waals surface area contributed by atoms with Gasteiger partial charge in [-0.25, -0.2) is 20.1 Å². The lowest BCUT2D eigenvalue weighted by molar-refractivity contribution is -0.150. The molecule has 0 aliphatic carbocycles. The molecule has 12 nitrogen and oxygen atoms in total. The van der Waals surface area contributed by atoms with E-state index in [2.05, 4.69) is 34.0 Å². The molecule has 3 atom stereocenters. The quantitative estimate of drug-likeness (QED) is 0.0340.